The van der Waals surface area contributed by atoms with Crippen LogP contribution in [0.5, 0.6) is 5.88 Å². The number of anilines is 3. The Balaban J connectivity index is 1.71. The fraction of sp³-hybridized carbons (Fsp3) is 0.429. The fourth-order valence-electron chi connectivity index (χ4n) is 2.95. The van der Waals surface area contributed by atoms with Gasteiger partial charge in [-0.2, -0.15) is 28.8 Å². The SMILES string of the molecule is COCCn1ncc(-c2cnc(NC(C)=O)cc2Nc2cc(OC3CC3)nc(C(C)(F)F)n2)n1. The molecule has 0 bridgehead atoms. The van der Waals surface area contributed by atoms with Crippen molar-refractivity contribution < 1.29 is 23.0 Å². The van der Waals surface area contributed by atoms with Crippen LogP contribution in [0.2, 0.25) is 0 Å². The van der Waals surface area contributed by atoms with E-state index in [1.54, 1.807) is 19.4 Å². The molecule has 0 radical (unpaired) electrons. The minimum Gasteiger partial charge on any atom is -0.474 e. The number of aromatic nitrogens is 6. The lowest BCUT2D eigenvalue weighted by Gasteiger charge is -2.15. The van der Waals surface area contributed by atoms with E-state index >= 15 is 0 Å². The Bertz CT molecular complexity index is 1180. The molecular formula is C21H24F2N8O3. The first kappa shape index (κ1) is 23.4. The van der Waals surface area contributed by atoms with Crippen LogP contribution in [0, 0.1) is 0 Å². The third-order valence-electron chi connectivity index (χ3n) is 4.69. The topological polar surface area (TPSA) is 129 Å². The van der Waals surface area contributed by atoms with E-state index in [1.165, 1.54) is 24.0 Å². The second-order valence-electron chi connectivity index (χ2n) is 7.86. The van der Waals surface area contributed by atoms with Crippen LogP contribution < -0.4 is 15.4 Å². The number of carbonyl (C=O) groups is 1. The van der Waals surface area contributed by atoms with Gasteiger partial charge in [0.1, 0.15) is 23.4 Å². The van der Waals surface area contributed by atoms with Crippen molar-refractivity contribution in [1.29, 1.82) is 0 Å². The number of alkyl halides is 2. The van der Waals surface area contributed by atoms with E-state index in [1.807, 2.05) is 0 Å². The summed E-state index contributed by atoms with van der Waals surface area (Å²) in [5.41, 5.74) is 1.41. The van der Waals surface area contributed by atoms with Gasteiger partial charge in [0.15, 0.2) is 0 Å². The van der Waals surface area contributed by atoms with Crippen LogP contribution in [0.3, 0.4) is 0 Å². The first-order valence-corrected chi connectivity index (χ1v) is 10.6. The smallest absolute Gasteiger partial charge is 0.304 e. The van der Waals surface area contributed by atoms with Crippen molar-refractivity contribution in [3.63, 3.8) is 0 Å². The van der Waals surface area contributed by atoms with Crippen LogP contribution in [0.25, 0.3) is 11.3 Å². The van der Waals surface area contributed by atoms with Crippen LogP contribution in [0.1, 0.15) is 32.5 Å². The second-order valence-corrected chi connectivity index (χ2v) is 7.86. The van der Waals surface area contributed by atoms with E-state index in [0.717, 1.165) is 19.8 Å². The third-order valence-corrected chi connectivity index (χ3v) is 4.69. The van der Waals surface area contributed by atoms with Crippen molar-refractivity contribution in [1.82, 2.24) is 29.9 Å². The number of pyridine rings is 1. The van der Waals surface area contributed by atoms with E-state index in [2.05, 4.69) is 35.8 Å². The second kappa shape index (κ2) is 9.63. The van der Waals surface area contributed by atoms with Crippen molar-refractivity contribution in [3.8, 4) is 17.1 Å². The van der Waals surface area contributed by atoms with Crippen LogP contribution >= 0.6 is 0 Å². The Morgan fingerprint density at radius 1 is 1.24 bits per heavy atom. The highest BCUT2D eigenvalue weighted by Gasteiger charge is 2.31. The number of nitrogens with one attached hydrogen (secondary N) is 2. The first-order valence-electron chi connectivity index (χ1n) is 10.6. The van der Waals surface area contributed by atoms with Crippen molar-refractivity contribution in [2.75, 3.05) is 24.4 Å². The zero-order chi connectivity index (χ0) is 24.3. The van der Waals surface area contributed by atoms with Gasteiger partial charge in [-0.3, -0.25) is 4.79 Å². The summed E-state index contributed by atoms with van der Waals surface area (Å²) in [5.74, 6) is -3.85. The summed E-state index contributed by atoms with van der Waals surface area (Å²) < 4.78 is 38.8. The number of hydrogen-bond acceptors (Lipinski definition) is 9. The summed E-state index contributed by atoms with van der Waals surface area (Å²) in [6.45, 7) is 2.95. The normalized spacial score (nSPS) is 13.6. The predicted octanol–water partition coefficient (Wildman–Crippen LogP) is 3.13. The summed E-state index contributed by atoms with van der Waals surface area (Å²) in [6.07, 6.45) is 4.70. The van der Waals surface area contributed by atoms with E-state index in [4.69, 9.17) is 9.47 Å². The largest absolute Gasteiger partial charge is 0.474 e. The zero-order valence-corrected chi connectivity index (χ0v) is 18.9. The molecule has 0 aromatic carbocycles. The molecule has 1 amide bonds. The summed E-state index contributed by atoms with van der Waals surface area (Å²) >= 11 is 0. The van der Waals surface area contributed by atoms with Gasteiger partial charge in [-0.15, -0.1) is 0 Å². The maximum Gasteiger partial charge on any atom is 0.304 e. The van der Waals surface area contributed by atoms with Gasteiger partial charge in [0.2, 0.25) is 17.6 Å². The molecule has 1 aliphatic rings. The highest BCUT2D eigenvalue weighted by molar-refractivity contribution is 5.89. The molecule has 2 N–H and O–H groups in total. The lowest BCUT2D eigenvalue weighted by atomic mass is 10.1. The summed E-state index contributed by atoms with van der Waals surface area (Å²) in [5, 5.41) is 14.2. The molecule has 0 spiro atoms. The monoisotopic (exact) mass is 474 g/mol. The molecule has 34 heavy (non-hydrogen) atoms. The fourth-order valence-corrected chi connectivity index (χ4v) is 2.95. The minimum absolute atomic E-state index is 0.0360. The number of nitrogens with zero attached hydrogens (tertiary/aromatic N) is 6. The minimum atomic E-state index is -3.27. The highest BCUT2D eigenvalue weighted by atomic mass is 19.3. The zero-order valence-electron chi connectivity index (χ0n) is 18.9. The molecule has 0 unspecified atom stereocenters. The van der Waals surface area contributed by atoms with E-state index in [-0.39, 0.29) is 29.5 Å². The van der Waals surface area contributed by atoms with Gasteiger partial charge < -0.3 is 20.1 Å². The molecule has 0 aliphatic heterocycles. The Hall–Kier alpha value is -3.74. The standard InChI is InChI=1S/C21H24F2N8O3/c1-12(32)26-17-8-15(14(10-24-17)16-11-25-31(30-16)6-7-33-3)27-18-9-19(34-13-4-5-13)29-20(28-18)21(2,22)23/h8-11,13H,4-7H2,1-3H3,(H2,24,26,27,28,29,32). The molecule has 0 atom stereocenters. The number of halogens is 2. The number of hydrogen-bond donors (Lipinski definition) is 2. The van der Waals surface area contributed by atoms with Gasteiger partial charge in [-0.1, -0.05) is 0 Å². The maximum atomic E-state index is 14.1. The first-order chi connectivity index (χ1) is 16.2. The Morgan fingerprint density at radius 2 is 2.03 bits per heavy atom. The Kier molecular flexibility index (Phi) is 6.63. The number of rotatable bonds is 10. The van der Waals surface area contributed by atoms with Gasteiger partial charge >= 0.3 is 5.92 Å². The van der Waals surface area contributed by atoms with Crippen molar-refractivity contribution in [3.05, 3.63) is 30.4 Å². The van der Waals surface area contributed by atoms with Gasteiger partial charge in [-0.25, -0.2) is 9.97 Å². The average molecular weight is 474 g/mol. The van der Waals surface area contributed by atoms with Crippen LogP contribution in [0.4, 0.5) is 26.1 Å². The number of methoxy groups -OCH3 is 1. The van der Waals surface area contributed by atoms with Crippen molar-refractivity contribution >= 4 is 23.2 Å². The predicted molar refractivity (Wildman–Crippen MR) is 118 cm³/mol. The van der Waals surface area contributed by atoms with E-state index < -0.39 is 11.7 Å². The molecule has 13 heteroatoms. The Morgan fingerprint density at radius 3 is 2.71 bits per heavy atom. The summed E-state index contributed by atoms with van der Waals surface area (Å²) in [4.78, 5) is 25.1. The van der Waals surface area contributed by atoms with E-state index in [9.17, 15) is 13.6 Å². The van der Waals surface area contributed by atoms with Crippen LogP contribution in [-0.2, 0) is 22.0 Å². The number of carbonyl (C=O) groups excluding carboxylic acids is 1. The molecule has 3 aromatic heterocycles. The molecule has 1 saturated carbocycles. The molecule has 3 heterocycles. The highest BCUT2D eigenvalue weighted by Crippen LogP contribution is 2.34. The van der Waals surface area contributed by atoms with Gasteiger partial charge in [-0.05, 0) is 12.8 Å². The lowest BCUT2D eigenvalue weighted by Crippen LogP contribution is -2.15. The van der Waals surface area contributed by atoms with Gasteiger partial charge in [0, 0.05) is 44.9 Å². The van der Waals surface area contributed by atoms with E-state index in [0.29, 0.717) is 30.1 Å². The molecule has 1 fully saturated rings. The van der Waals surface area contributed by atoms with Crippen molar-refractivity contribution in [2.24, 2.45) is 0 Å². The molecule has 0 saturated heterocycles. The van der Waals surface area contributed by atoms with Crippen LogP contribution in [-0.4, -0.2) is 55.7 Å². The Labute approximate surface area is 193 Å². The quantitative estimate of drug-likeness (QED) is 0.455. The number of ether oxygens (including phenoxy) is 2. The third kappa shape index (κ3) is 5.98. The number of amides is 1. The maximum absolute atomic E-state index is 14.1. The summed E-state index contributed by atoms with van der Waals surface area (Å²) in [6, 6.07) is 3.00. The van der Waals surface area contributed by atoms with Crippen LogP contribution in [0.15, 0.2) is 24.5 Å². The molecular weight excluding hydrogens is 450 g/mol. The van der Waals surface area contributed by atoms with Gasteiger partial charge in [0.25, 0.3) is 0 Å². The molecule has 1 aliphatic carbocycles. The van der Waals surface area contributed by atoms with Crippen molar-refractivity contribution in [2.45, 2.75) is 45.3 Å². The average Bonchev–Trinajstić information content (AvgIpc) is 3.45. The summed E-state index contributed by atoms with van der Waals surface area (Å²) in [7, 11) is 1.58. The van der Waals surface area contributed by atoms with Gasteiger partial charge in [0.05, 0.1) is 25.0 Å². The molecule has 180 valence electrons. The molecule has 11 nitrogen and oxygen atoms in total. The molecule has 3 aromatic rings. The lowest BCUT2D eigenvalue weighted by molar-refractivity contribution is -0.114. The molecule has 4 rings (SSSR count).